The Kier molecular flexibility index (Phi) is 8.82. The number of hydrogen-bond donors (Lipinski definition) is 0. The molecule has 0 spiro atoms. The van der Waals surface area contributed by atoms with Gasteiger partial charge in [0.25, 0.3) is 0 Å². The third kappa shape index (κ3) is 5.48. The van der Waals surface area contributed by atoms with E-state index >= 15 is 0 Å². The summed E-state index contributed by atoms with van der Waals surface area (Å²) in [5.74, 6) is 0. The maximum absolute atomic E-state index is 4.17. The SMILES string of the molecule is C=C/C(=C1\C[CH]1[Sn]([CH2]CCC)([CH2]CCC)[CH2]CCC)c1ccccc1. The molecule has 0 aromatic heterocycles. The minimum absolute atomic E-state index is 1.01. The predicted octanol–water partition coefficient (Wildman–Crippen LogP) is 8.25. The van der Waals surface area contributed by atoms with Crippen LogP contribution in [0.3, 0.4) is 0 Å². The summed E-state index contributed by atoms with van der Waals surface area (Å²) < 4.78 is 5.88. The van der Waals surface area contributed by atoms with Crippen LogP contribution in [0.4, 0.5) is 0 Å². The molecule has 0 N–H and O–H groups in total. The average molecular weight is 445 g/mol. The van der Waals surface area contributed by atoms with E-state index in [9.17, 15) is 0 Å². The molecule has 0 bridgehead atoms. The van der Waals surface area contributed by atoms with Gasteiger partial charge < -0.3 is 0 Å². The second-order valence-electron chi connectivity index (χ2n) is 7.94. The average Bonchev–Trinajstić information content (AvgIpc) is 3.44. The fourth-order valence-corrected chi connectivity index (χ4v) is 23.2. The first kappa shape index (κ1) is 20.8. The van der Waals surface area contributed by atoms with Gasteiger partial charge in [0.05, 0.1) is 0 Å². The van der Waals surface area contributed by atoms with Crippen molar-refractivity contribution in [2.24, 2.45) is 0 Å². The molecule has 1 saturated carbocycles. The van der Waals surface area contributed by atoms with Crippen LogP contribution in [0.25, 0.3) is 5.57 Å². The monoisotopic (exact) mass is 446 g/mol. The van der Waals surface area contributed by atoms with E-state index in [-0.39, 0.29) is 0 Å². The van der Waals surface area contributed by atoms with Gasteiger partial charge in [0.1, 0.15) is 0 Å². The Balaban J connectivity index is 2.30. The van der Waals surface area contributed by atoms with Gasteiger partial charge in [0.2, 0.25) is 0 Å². The molecule has 0 aliphatic heterocycles. The van der Waals surface area contributed by atoms with Crippen LogP contribution in [0.5, 0.6) is 0 Å². The molecule has 1 unspecified atom stereocenters. The topological polar surface area (TPSA) is 0 Å². The van der Waals surface area contributed by atoms with Crippen LogP contribution in [-0.4, -0.2) is 18.4 Å². The Hall–Kier alpha value is -0.501. The van der Waals surface area contributed by atoms with Crippen LogP contribution in [0, 0.1) is 0 Å². The second kappa shape index (κ2) is 10.6. The van der Waals surface area contributed by atoms with Crippen LogP contribution in [0.1, 0.15) is 71.3 Å². The Labute approximate surface area is 160 Å². The molecule has 1 aliphatic rings. The zero-order valence-corrected chi connectivity index (χ0v) is 19.7. The van der Waals surface area contributed by atoms with E-state index in [1.807, 2.05) is 0 Å². The van der Waals surface area contributed by atoms with E-state index in [0.29, 0.717) is 0 Å². The Morgan fingerprint density at radius 2 is 1.48 bits per heavy atom. The van der Waals surface area contributed by atoms with E-state index < -0.39 is 18.4 Å². The van der Waals surface area contributed by atoms with Gasteiger partial charge >= 0.3 is 161 Å². The van der Waals surface area contributed by atoms with Crippen LogP contribution in [0.15, 0.2) is 48.6 Å². The molecule has 0 heterocycles. The van der Waals surface area contributed by atoms with Crippen molar-refractivity contribution in [1.29, 1.82) is 0 Å². The Bertz CT molecular complexity index is 533. The molecule has 25 heavy (non-hydrogen) atoms. The van der Waals surface area contributed by atoms with Crippen LogP contribution < -0.4 is 0 Å². The molecule has 1 fully saturated rings. The van der Waals surface area contributed by atoms with Gasteiger partial charge in [-0.1, -0.05) is 0 Å². The summed E-state index contributed by atoms with van der Waals surface area (Å²) in [5, 5.41) is 0. The van der Waals surface area contributed by atoms with Crippen LogP contribution in [-0.2, 0) is 0 Å². The predicted molar refractivity (Wildman–Crippen MR) is 117 cm³/mol. The molecule has 138 valence electrons. The summed E-state index contributed by atoms with van der Waals surface area (Å²) in [6.45, 7) is 11.3. The summed E-state index contributed by atoms with van der Waals surface area (Å²) in [5.41, 5.74) is 4.63. The molecule has 0 nitrogen and oxygen atoms in total. The van der Waals surface area contributed by atoms with Gasteiger partial charge in [0, 0.05) is 0 Å². The number of unbranched alkanes of at least 4 members (excludes halogenated alkanes) is 3. The second-order valence-corrected chi connectivity index (χ2v) is 22.0. The first-order chi connectivity index (χ1) is 12.2. The van der Waals surface area contributed by atoms with Gasteiger partial charge in [-0.3, -0.25) is 0 Å². The Morgan fingerprint density at radius 3 is 1.92 bits per heavy atom. The molecule has 0 saturated heterocycles. The molecular weight excluding hydrogens is 407 g/mol. The van der Waals surface area contributed by atoms with Crippen molar-refractivity contribution < 1.29 is 0 Å². The van der Waals surface area contributed by atoms with Crippen molar-refractivity contribution in [3.8, 4) is 0 Å². The Morgan fingerprint density at radius 1 is 0.960 bits per heavy atom. The molecule has 1 aromatic rings. The van der Waals surface area contributed by atoms with Gasteiger partial charge in [-0.25, -0.2) is 0 Å². The van der Waals surface area contributed by atoms with E-state index in [0.717, 1.165) is 3.93 Å². The fraction of sp³-hybridized carbons (Fsp3) is 0.583. The standard InChI is InChI=1S/C12H11.3C4H9.Sn/c1-2-12(11-8-9-11)10-6-4-3-5-7-10;3*1-3-4-2;/h2-8H,1,9H2;3*1,3-4H2,2H3;/b12-11+;;;;. The van der Waals surface area contributed by atoms with Crippen LogP contribution >= 0.6 is 0 Å². The van der Waals surface area contributed by atoms with Crippen molar-refractivity contribution in [2.45, 2.75) is 83.0 Å². The van der Waals surface area contributed by atoms with Gasteiger partial charge in [-0.15, -0.1) is 0 Å². The molecule has 1 atom stereocenters. The van der Waals surface area contributed by atoms with Crippen LogP contribution in [0.2, 0.25) is 17.2 Å². The van der Waals surface area contributed by atoms with Crippen molar-refractivity contribution >= 4 is 24.0 Å². The molecule has 0 amide bonds. The summed E-state index contributed by atoms with van der Waals surface area (Å²) in [4.78, 5) is 0. The maximum atomic E-state index is 4.17. The van der Waals surface area contributed by atoms with Crippen molar-refractivity contribution in [2.75, 3.05) is 0 Å². The minimum atomic E-state index is -2.10. The van der Waals surface area contributed by atoms with E-state index in [1.54, 1.807) is 18.9 Å². The van der Waals surface area contributed by atoms with E-state index in [2.05, 4.69) is 63.8 Å². The molecular formula is C24H38Sn. The van der Waals surface area contributed by atoms with Gasteiger partial charge in [0.15, 0.2) is 0 Å². The molecule has 1 aliphatic carbocycles. The third-order valence-corrected chi connectivity index (χ3v) is 23.5. The van der Waals surface area contributed by atoms with Crippen molar-refractivity contribution in [3.63, 3.8) is 0 Å². The van der Waals surface area contributed by atoms with Crippen molar-refractivity contribution in [1.82, 2.24) is 0 Å². The normalized spacial score (nSPS) is 18.9. The first-order valence-corrected chi connectivity index (χ1v) is 18.3. The summed E-state index contributed by atoms with van der Waals surface area (Å²) in [6.07, 6.45) is 12.1. The number of allylic oxidation sites excluding steroid dienone is 3. The van der Waals surface area contributed by atoms with Gasteiger partial charge in [-0.2, -0.15) is 0 Å². The summed E-state index contributed by atoms with van der Waals surface area (Å²) >= 11 is -2.10. The summed E-state index contributed by atoms with van der Waals surface area (Å²) in [6, 6.07) is 11.0. The zero-order valence-electron chi connectivity index (χ0n) is 16.8. The quantitative estimate of drug-likeness (QED) is 0.284. The number of hydrogen-bond acceptors (Lipinski definition) is 0. The van der Waals surface area contributed by atoms with Gasteiger partial charge in [-0.05, 0) is 0 Å². The molecule has 0 radical (unpaired) electrons. The van der Waals surface area contributed by atoms with E-state index in [4.69, 9.17) is 0 Å². The molecule has 1 heteroatoms. The fourth-order valence-electron chi connectivity index (χ4n) is 4.58. The third-order valence-electron chi connectivity index (χ3n) is 6.14. The van der Waals surface area contributed by atoms with E-state index in [1.165, 1.54) is 56.1 Å². The number of benzene rings is 1. The first-order valence-electron chi connectivity index (χ1n) is 10.6. The van der Waals surface area contributed by atoms with Crippen molar-refractivity contribution in [3.05, 3.63) is 54.1 Å². The molecule has 1 aromatic carbocycles. The number of rotatable bonds is 12. The zero-order chi connectivity index (χ0) is 18.1. The molecule has 2 rings (SSSR count). The summed E-state index contributed by atoms with van der Waals surface area (Å²) in [7, 11) is 0.